The Balaban J connectivity index is 1.83. The lowest BCUT2D eigenvalue weighted by molar-refractivity contribution is -0.153. The van der Waals surface area contributed by atoms with E-state index in [1.54, 1.807) is 20.2 Å². The van der Waals surface area contributed by atoms with Gasteiger partial charge in [-0.15, -0.1) is 0 Å². The molecule has 3 aliphatic rings. The summed E-state index contributed by atoms with van der Waals surface area (Å²) in [6, 6.07) is 1.95. The van der Waals surface area contributed by atoms with Gasteiger partial charge in [0.25, 0.3) is 5.91 Å². The van der Waals surface area contributed by atoms with Crippen molar-refractivity contribution in [2.75, 3.05) is 55.6 Å². The summed E-state index contributed by atoms with van der Waals surface area (Å²) in [4.78, 5) is 43.0. The minimum atomic E-state index is -2.70. The zero-order valence-electron chi connectivity index (χ0n) is 25.7. The Labute approximate surface area is 255 Å². The molecular weight excluding hydrogens is 578 g/mol. The number of hydrogen-bond donors (Lipinski definition) is 5. The van der Waals surface area contributed by atoms with Gasteiger partial charge < -0.3 is 45.1 Å². The van der Waals surface area contributed by atoms with Crippen molar-refractivity contribution in [3.05, 3.63) is 45.7 Å². The zero-order chi connectivity index (χ0) is 32.7. The summed E-state index contributed by atoms with van der Waals surface area (Å²) in [6.07, 6.45) is -0.996. The number of phenolic OH excluding ortho intramolecular Hbond substituents is 1. The van der Waals surface area contributed by atoms with Crippen LogP contribution >= 0.6 is 0 Å². The maximum absolute atomic E-state index is 14.0. The van der Waals surface area contributed by atoms with Crippen molar-refractivity contribution in [3.8, 4) is 5.75 Å². The van der Waals surface area contributed by atoms with E-state index in [9.17, 15) is 34.8 Å². The molecule has 0 heterocycles. The fourth-order valence-electron chi connectivity index (χ4n) is 6.81. The lowest BCUT2D eigenvalue weighted by atomic mass is 9.57. The van der Waals surface area contributed by atoms with Crippen molar-refractivity contribution in [2.24, 2.45) is 17.6 Å². The van der Waals surface area contributed by atoms with Gasteiger partial charge in [0.05, 0.1) is 24.7 Å². The minimum Gasteiger partial charge on any atom is -0.508 e. The van der Waals surface area contributed by atoms with Crippen LogP contribution in [0, 0.1) is 11.8 Å². The number of phenols is 1. The molecule has 1 saturated carbocycles. The highest BCUT2D eigenvalue weighted by atomic mass is 16.7. The number of ketones is 2. The molecule has 4 atom stereocenters. The molecule has 0 spiro atoms. The van der Waals surface area contributed by atoms with E-state index in [1.165, 1.54) is 39.4 Å². The first-order chi connectivity index (χ1) is 20.8. The van der Waals surface area contributed by atoms with Gasteiger partial charge in [-0.1, -0.05) is 6.07 Å². The molecule has 0 bridgehead atoms. The Morgan fingerprint density at radius 2 is 1.59 bits per heavy atom. The van der Waals surface area contributed by atoms with Crippen molar-refractivity contribution in [2.45, 2.75) is 43.6 Å². The molecule has 1 aromatic carbocycles. The van der Waals surface area contributed by atoms with Crippen LogP contribution in [0.25, 0.3) is 5.76 Å². The molecule has 3 aliphatic carbocycles. The predicted molar refractivity (Wildman–Crippen MR) is 155 cm³/mol. The van der Waals surface area contributed by atoms with E-state index in [4.69, 9.17) is 24.7 Å². The molecule has 6 N–H and O–H groups in total. The number of likely N-dealkylation sites (N-methyl/N-ethyl adjacent to an activating group) is 1. The number of aliphatic hydroxyl groups excluding tert-OH is 2. The Morgan fingerprint density at radius 3 is 2.09 bits per heavy atom. The first-order valence-corrected chi connectivity index (χ1v) is 14.1. The van der Waals surface area contributed by atoms with Crippen LogP contribution in [-0.2, 0) is 46.3 Å². The van der Waals surface area contributed by atoms with Crippen LogP contribution in [0.2, 0.25) is 0 Å². The van der Waals surface area contributed by atoms with E-state index in [0.717, 1.165) is 5.56 Å². The quantitative estimate of drug-likeness (QED) is 0.155. The number of nitrogens with zero attached hydrogens (tertiary/aromatic N) is 2. The normalized spacial score (nSPS) is 25.3. The number of aliphatic hydroxyl groups is 3. The molecule has 0 radical (unpaired) electrons. The van der Waals surface area contributed by atoms with E-state index in [0.29, 0.717) is 18.7 Å². The standard InChI is InChI=1S/C30H41N3O11/c1-32(2)24-17-10-15-9-16-14(11-33(12-19(41-3)42-4)13-20(43-5)44-6)7-8-18(34)22(16)25(35)21(15)27(37)30(17,40)28(38)23(26(24)36)29(31)39/h7-8,15,17,19-20,24,34-35,38,40H,9-13H2,1-6H3,(H2,31,39)/t15-,17-,24-,30-/m0/s1. The van der Waals surface area contributed by atoms with E-state index in [-0.39, 0.29) is 36.3 Å². The summed E-state index contributed by atoms with van der Waals surface area (Å²) < 4.78 is 21.6. The van der Waals surface area contributed by atoms with Gasteiger partial charge in [0.2, 0.25) is 5.78 Å². The third-order valence-corrected chi connectivity index (χ3v) is 8.96. The van der Waals surface area contributed by atoms with E-state index < -0.39 is 70.6 Å². The van der Waals surface area contributed by atoms with Gasteiger partial charge in [-0.3, -0.25) is 24.2 Å². The zero-order valence-corrected chi connectivity index (χ0v) is 25.7. The summed E-state index contributed by atoms with van der Waals surface area (Å²) in [5, 5.41) is 45.2. The highest BCUT2D eigenvalue weighted by Gasteiger charge is 2.64. The van der Waals surface area contributed by atoms with E-state index >= 15 is 0 Å². The SMILES string of the molecule is COC(CN(Cc1ccc(O)c2c1C[C@H]1C[C@H]3[C@H](N(C)C)C(=O)C(C(N)=O)=C(O)[C@@]3(O)C(=O)C1=C2O)CC(OC)OC)OC. The van der Waals surface area contributed by atoms with Gasteiger partial charge in [-0.2, -0.15) is 0 Å². The summed E-state index contributed by atoms with van der Waals surface area (Å²) in [6.45, 7) is 0.919. The maximum Gasteiger partial charge on any atom is 0.255 e. The third-order valence-electron chi connectivity index (χ3n) is 8.96. The largest absolute Gasteiger partial charge is 0.508 e. The second-order valence-corrected chi connectivity index (χ2v) is 11.6. The molecule has 242 valence electrons. The number of hydrogen-bond acceptors (Lipinski definition) is 13. The molecule has 0 aliphatic heterocycles. The summed E-state index contributed by atoms with van der Waals surface area (Å²) >= 11 is 0. The van der Waals surface area contributed by atoms with Crippen LogP contribution in [0.4, 0.5) is 0 Å². The Bertz CT molecular complexity index is 1370. The van der Waals surface area contributed by atoms with Gasteiger partial charge >= 0.3 is 0 Å². The van der Waals surface area contributed by atoms with Gasteiger partial charge in [0.15, 0.2) is 24.0 Å². The molecular formula is C30H41N3O11. The number of primary amides is 1. The van der Waals surface area contributed by atoms with E-state index in [2.05, 4.69) is 0 Å². The van der Waals surface area contributed by atoms with Crippen molar-refractivity contribution in [1.82, 2.24) is 9.80 Å². The first kappa shape index (κ1) is 33.5. The number of amides is 1. The first-order valence-electron chi connectivity index (χ1n) is 14.1. The molecule has 44 heavy (non-hydrogen) atoms. The van der Waals surface area contributed by atoms with Crippen molar-refractivity contribution in [3.63, 3.8) is 0 Å². The Hall–Kier alpha value is -3.37. The Kier molecular flexibility index (Phi) is 9.85. The number of Topliss-reactive ketones (excluding diaryl/α,β-unsaturated/α-hetero) is 2. The number of aromatic hydroxyl groups is 1. The highest BCUT2D eigenvalue weighted by molar-refractivity contribution is 6.24. The monoisotopic (exact) mass is 619 g/mol. The second-order valence-electron chi connectivity index (χ2n) is 11.6. The smallest absolute Gasteiger partial charge is 0.255 e. The van der Waals surface area contributed by atoms with Crippen molar-refractivity contribution >= 4 is 23.2 Å². The molecule has 1 amide bonds. The highest BCUT2D eigenvalue weighted by Crippen LogP contribution is 2.53. The van der Waals surface area contributed by atoms with Crippen LogP contribution in [-0.4, -0.2) is 128 Å². The summed E-state index contributed by atoms with van der Waals surface area (Å²) in [7, 11) is 9.17. The van der Waals surface area contributed by atoms with Gasteiger partial charge in [-0.05, 0) is 50.0 Å². The topological polar surface area (TPSA) is 202 Å². The number of nitrogens with two attached hydrogens (primary N) is 1. The van der Waals surface area contributed by atoms with Gasteiger partial charge in [-0.25, -0.2) is 0 Å². The van der Waals surface area contributed by atoms with Gasteiger partial charge in [0.1, 0.15) is 22.8 Å². The number of methoxy groups -OCH3 is 4. The molecule has 4 rings (SSSR count). The van der Waals surface area contributed by atoms with Crippen LogP contribution in [0.3, 0.4) is 0 Å². The molecule has 14 nitrogen and oxygen atoms in total. The number of rotatable bonds is 12. The molecule has 0 aromatic heterocycles. The molecule has 0 unspecified atom stereocenters. The Morgan fingerprint density at radius 1 is 1.02 bits per heavy atom. The number of benzene rings is 1. The molecule has 14 heteroatoms. The average molecular weight is 620 g/mol. The van der Waals surface area contributed by atoms with Crippen molar-refractivity contribution in [1.29, 1.82) is 0 Å². The fraction of sp³-hybridized carbons (Fsp3) is 0.567. The van der Waals surface area contributed by atoms with Gasteiger partial charge in [0, 0.05) is 46.5 Å². The lowest BCUT2D eigenvalue weighted by Gasteiger charge is -2.50. The summed E-state index contributed by atoms with van der Waals surface area (Å²) in [5.41, 5.74) is 2.93. The molecule has 1 fully saturated rings. The number of fused-ring (bicyclic) bond motifs is 3. The van der Waals surface area contributed by atoms with Crippen molar-refractivity contribution < 1.29 is 53.8 Å². The third kappa shape index (κ3) is 5.51. The fourth-order valence-corrected chi connectivity index (χ4v) is 6.81. The maximum atomic E-state index is 14.0. The second kappa shape index (κ2) is 12.9. The summed E-state index contributed by atoms with van der Waals surface area (Å²) in [5.74, 6) is -6.97. The molecule has 0 saturated heterocycles. The van der Waals surface area contributed by atoms with Crippen LogP contribution in [0.15, 0.2) is 29.0 Å². The lowest BCUT2D eigenvalue weighted by Crippen LogP contribution is -2.65. The predicted octanol–water partition coefficient (Wildman–Crippen LogP) is 0.00380. The molecule has 1 aromatic rings. The number of carbonyl (C=O) groups excluding carboxylic acids is 3. The number of ether oxygens (including phenoxy) is 4. The number of carbonyl (C=O) groups is 3. The minimum absolute atomic E-state index is 0.00454. The average Bonchev–Trinajstić information content (AvgIpc) is 2.97. The van der Waals surface area contributed by atoms with Crippen LogP contribution < -0.4 is 5.73 Å². The van der Waals surface area contributed by atoms with Crippen LogP contribution in [0.5, 0.6) is 5.75 Å². The van der Waals surface area contributed by atoms with E-state index in [1.807, 2.05) is 4.90 Å². The van der Waals surface area contributed by atoms with Crippen LogP contribution in [0.1, 0.15) is 23.1 Å².